The lowest BCUT2D eigenvalue weighted by atomic mass is 9.58. The number of ether oxygens (including phenoxy) is 2. The van der Waals surface area contributed by atoms with Crippen LogP contribution in [0.3, 0.4) is 0 Å². The average molecular weight is 368 g/mol. The number of hydrogen-bond donors (Lipinski definition) is 1. The second kappa shape index (κ2) is 5.52. The fourth-order valence-corrected chi connectivity index (χ4v) is 6.03. The molecule has 0 spiro atoms. The smallest absolute Gasteiger partial charge is 0.411 e. The maximum absolute atomic E-state index is 12.3. The molecule has 5 fully saturated rings. The summed E-state index contributed by atoms with van der Waals surface area (Å²) in [6.07, 6.45) is 5.16. The average Bonchev–Trinajstić information content (AvgIpc) is 3.16. The summed E-state index contributed by atoms with van der Waals surface area (Å²) in [6, 6.07) is 4.96. The Hall–Kier alpha value is -0.970. The van der Waals surface area contributed by atoms with Gasteiger partial charge in [0.15, 0.2) is 0 Å². The van der Waals surface area contributed by atoms with Crippen LogP contribution in [0.2, 0.25) is 10.0 Å². The molecule has 7 atom stereocenters. The van der Waals surface area contributed by atoms with E-state index in [-0.39, 0.29) is 6.10 Å². The number of fused-ring (bicyclic) bond motifs is 3. The van der Waals surface area contributed by atoms with Gasteiger partial charge in [-0.15, -0.1) is 0 Å². The number of carbonyl (C=O) groups excluding carboxylic acids is 1. The highest BCUT2D eigenvalue weighted by Crippen LogP contribution is 2.62. The van der Waals surface area contributed by atoms with Gasteiger partial charge in [-0.05, 0) is 67.6 Å². The van der Waals surface area contributed by atoms with Gasteiger partial charge in [-0.2, -0.15) is 0 Å². The van der Waals surface area contributed by atoms with Crippen LogP contribution in [0.5, 0.6) is 0 Å². The Balaban J connectivity index is 1.26. The van der Waals surface area contributed by atoms with E-state index in [1.54, 1.807) is 18.2 Å². The first-order valence-corrected chi connectivity index (χ1v) is 9.43. The first kappa shape index (κ1) is 15.3. The largest absolute Gasteiger partial charge is 0.446 e. The Bertz CT molecular complexity index is 677. The molecule has 4 aliphatic carbocycles. The molecule has 1 aromatic rings. The van der Waals surface area contributed by atoms with Crippen LogP contribution in [0.15, 0.2) is 18.2 Å². The number of amides is 1. The maximum atomic E-state index is 12.3. The van der Waals surface area contributed by atoms with Crippen molar-refractivity contribution in [1.29, 1.82) is 0 Å². The third-order valence-corrected chi connectivity index (χ3v) is 6.78. The molecule has 0 aromatic heterocycles. The third kappa shape index (κ3) is 2.51. The summed E-state index contributed by atoms with van der Waals surface area (Å²) in [6.45, 7) is 0. The number of benzene rings is 1. The molecule has 1 heterocycles. The highest BCUT2D eigenvalue weighted by Gasteiger charge is 2.64. The molecule has 0 unspecified atom stereocenters. The van der Waals surface area contributed by atoms with Gasteiger partial charge in [0.1, 0.15) is 6.10 Å². The van der Waals surface area contributed by atoms with Crippen molar-refractivity contribution in [2.24, 2.45) is 23.7 Å². The predicted octanol–water partition coefficient (Wildman–Crippen LogP) is 4.74. The summed E-state index contributed by atoms with van der Waals surface area (Å²) < 4.78 is 11.5. The van der Waals surface area contributed by atoms with Gasteiger partial charge in [-0.3, -0.25) is 5.32 Å². The van der Waals surface area contributed by atoms with E-state index in [1.165, 1.54) is 12.8 Å². The van der Waals surface area contributed by atoms with Crippen molar-refractivity contribution < 1.29 is 14.3 Å². The van der Waals surface area contributed by atoms with Gasteiger partial charge in [0.25, 0.3) is 0 Å². The topological polar surface area (TPSA) is 50.9 Å². The van der Waals surface area contributed by atoms with Crippen LogP contribution in [0.1, 0.15) is 25.7 Å². The van der Waals surface area contributed by atoms with Gasteiger partial charge in [0.2, 0.25) is 0 Å². The van der Waals surface area contributed by atoms with Crippen molar-refractivity contribution in [3.05, 3.63) is 28.2 Å². The highest BCUT2D eigenvalue weighted by atomic mass is 35.5. The lowest BCUT2D eigenvalue weighted by molar-refractivity contribution is -0.0851. The lowest BCUT2D eigenvalue weighted by Crippen LogP contribution is -2.49. The molecular weight excluding hydrogens is 349 g/mol. The highest BCUT2D eigenvalue weighted by molar-refractivity contribution is 6.35. The van der Waals surface area contributed by atoms with Crippen molar-refractivity contribution in [2.75, 3.05) is 5.32 Å². The standard InChI is InChI=1S/C18H19Cl2NO3/c19-9-4-10(20)6-11(5-9)21-18(22)24-14-3-8-1-2-12(14)13-7-15-17(23-15)16(8)13/h4-6,8,12-17H,1-3,7H2,(H,21,22)/t8-,12-,13-,14+,15-,16-,17+/m1/s1. The predicted molar refractivity (Wildman–Crippen MR) is 91.4 cm³/mol. The zero-order valence-corrected chi connectivity index (χ0v) is 14.6. The second-order valence-electron chi connectivity index (χ2n) is 7.58. The molecule has 0 radical (unpaired) electrons. The molecular formula is C18H19Cl2NO3. The van der Waals surface area contributed by atoms with Crippen LogP contribution in [0.25, 0.3) is 0 Å². The first-order chi connectivity index (χ1) is 11.6. The molecule has 1 aromatic carbocycles. The monoisotopic (exact) mass is 367 g/mol. The van der Waals surface area contributed by atoms with Crippen molar-refractivity contribution in [3.63, 3.8) is 0 Å². The Morgan fingerprint density at radius 2 is 1.92 bits per heavy atom. The summed E-state index contributed by atoms with van der Waals surface area (Å²) >= 11 is 11.9. The first-order valence-electron chi connectivity index (χ1n) is 8.67. The molecule has 128 valence electrons. The second-order valence-corrected chi connectivity index (χ2v) is 8.45. The fourth-order valence-electron chi connectivity index (χ4n) is 5.50. The van der Waals surface area contributed by atoms with E-state index in [0.29, 0.717) is 51.6 Å². The van der Waals surface area contributed by atoms with Gasteiger partial charge < -0.3 is 9.47 Å². The SMILES string of the molecule is O=C(Nc1cc(Cl)cc(Cl)c1)O[C@H]1C[C@H]2CC[C@@H]1[C@H]1C[C@H]3O[C@@H]3[C@H]21. The van der Waals surface area contributed by atoms with Crippen LogP contribution in [-0.4, -0.2) is 24.4 Å². The van der Waals surface area contributed by atoms with Crippen molar-refractivity contribution in [3.8, 4) is 0 Å². The molecule has 1 aliphatic heterocycles. The summed E-state index contributed by atoms with van der Waals surface area (Å²) in [7, 11) is 0. The Morgan fingerprint density at radius 1 is 1.12 bits per heavy atom. The zero-order chi connectivity index (χ0) is 16.4. The Kier molecular flexibility index (Phi) is 3.52. The van der Waals surface area contributed by atoms with Gasteiger partial charge in [0.05, 0.1) is 12.2 Å². The number of hydrogen-bond acceptors (Lipinski definition) is 3. The lowest BCUT2D eigenvalue weighted by Gasteiger charge is -2.50. The maximum Gasteiger partial charge on any atom is 0.411 e. The van der Waals surface area contributed by atoms with E-state index < -0.39 is 6.09 Å². The minimum Gasteiger partial charge on any atom is -0.446 e. The molecule has 1 saturated heterocycles. The number of epoxide rings is 1. The van der Waals surface area contributed by atoms with Crippen LogP contribution in [0, 0.1) is 23.7 Å². The quantitative estimate of drug-likeness (QED) is 0.767. The van der Waals surface area contributed by atoms with E-state index in [4.69, 9.17) is 32.7 Å². The molecule has 4 saturated carbocycles. The van der Waals surface area contributed by atoms with E-state index in [1.807, 2.05) is 0 Å². The molecule has 6 heteroatoms. The molecule has 5 aliphatic rings. The zero-order valence-electron chi connectivity index (χ0n) is 13.1. The van der Waals surface area contributed by atoms with Crippen LogP contribution >= 0.6 is 23.2 Å². The number of rotatable bonds is 2. The number of nitrogens with one attached hydrogen (secondary N) is 1. The summed E-state index contributed by atoms with van der Waals surface area (Å²) in [5, 5.41) is 3.73. The minimum atomic E-state index is -0.415. The number of anilines is 1. The van der Waals surface area contributed by atoms with Gasteiger partial charge in [-0.25, -0.2) is 4.79 Å². The van der Waals surface area contributed by atoms with Crippen molar-refractivity contribution in [1.82, 2.24) is 0 Å². The molecule has 24 heavy (non-hydrogen) atoms. The fraction of sp³-hybridized carbons (Fsp3) is 0.611. The number of carbonyl (C=O) groups is 1. The summed E-state index contributed by atoms with van der Waals surface area (Å²) in [5.41, 5.74) is 0.562. The van der Waals surface area contributed by atoms with Crippen molar-refractivity contribution in [2.45, 2.75) is 44.0 Å². The van der Waals surface area contributed by atoms with Crippen LogP contribution < -0.4 is 5.32 Å². The van der Waals surface area contributed by atoms with Gasteiger partial charge in [-0.1, -0.05) is 23.2 Å². The van der Waals surface area contributed by atoms with E-state index in [9.17, 15) is 4.79 Å². The normalized spacial score (nSPS) is 41.5. The van der Waals surface area contributed by atoms with E-state index in [0.717, 1.165) is 12.8 Å². The minimum absolute atomic E-state index is 0.0251. The van der Waals surface area contributed by atoms with Crippen molar-refractivity contribution >= 4 is 35.0 Å². The molecule has 2 bridgehead atoms. The van der Waals surface area contributed by atoms with E-state index >= 15 is 0 Å². The molecule has 6 rings (SSSR count). The van der Waals surface area contributed by atoms with Gasteiger partial charge in [0, 0.05) is 15.7 Å². The Morgan fingerprint density at radius 3 is 2.71 bits per heavy atom. The molecule has 1 N–H and O–H groups in total. The van der Waals surface area contributed by atoms with Crippen LogP contribution in [-0.2, 0) is 9.47 Å². The summed E-state index contributed by atoms with van der Waals surface area (Å²) in [4.78, 5) is 12.3. The summed E-state index contributed by atoms with van der Waals surface area (Å²) in [5.74, 6) is 2.53. The van der Waals surface area contributed by atoms with Crippen LogP contribution in [0.4, 0.5) is 10.5 Å². The Labute approximate surface area is 150 Å². The molecule has 4 nitrogen and oxygen atoms in total. The number of halogens is 2. The molecule has 1 amide bonds. The third-order valence-electron chi connectivity index (χ3n) is 6.35. The van der Waals surface area contributed by atoms with Gasteiger partial charge >= 0.3 is 6.09 Å². The van der Waals surface area contributed by atoms with E-state index in [2.05, 4.69) is 5.32 Å².